The van der Waals surface area contributed by atoms with Gasteiger partial charge in [-0.25, -0.2) is 4.99 Å². The van der Waals surface area contributed by atoms with Gasteiger partial charge in [-0.1, -0.05) is 68.8 Å². The van der Waals surface area contributed by atoms with Crippen LogP contribution in [0, 0.1) is 0 Å². The van der Waals surface area contributed by atoms with E-state index in [9.17, 15) is 0 Å². The SMILES string of the molecule is COc1ccc2c(c1)C(c1ccc(Cl)cc1)=NNC(c1ccc(C(C)(C)C)cc1)=N2. The highest BCUT2D eigenvalue weighted by atomic mass is 35.5. The second-order valence-electron chi connectivity index (χ2n) is 8.25. The van der Waals surface area contributed by atoms with Gasteiger partial charge in [0.25, 0.3) is 0 Å². The smallest absolute Gasteiger partial charge is 0.154 e. The van der Waals surface area contributed by atoms with Gasteiger partial charge in [0.2, 0.25) is 0 Å². The van der Waals surface area contributed by atoms with Crippen molar-refractivity contribution in [3.63, 3.8) is 0 Å². The van der Waals surface area contributed by atoms with Crippen LogP contribution in [0.4, 0.5) is 5.69 Å². The second kappa shape index (κ2) is 7.96. The fourth-order valence-electron chi connectivity index (χ4n) is 3.33. The molecule has 0 atom stereocenters. The Kier molecular flexibility index (Phi) is 5.35. The first-order valence-corrected chi connectivity index (χ1v) is 10.2. The Labute approximate surface area is 182 Å². The van der Waals surface area contributed by atoms with Gasteiger partial charge in [0.05, 0.1) is 12.8 Å². The quantitative estimate of drug-likeness (QED) is 0.561. The predicted molar refractivity (Wildman–Crippen MR) is 125 cm³/mol. The van der Waals surface area contributed by atoms with E-state index in [4.69, 9.17) is 26.4 Å². The Balaban J connectivity index is 1.80. The van der Waals surface area contributed by atoms with E-state index in [0.717, 1.165) is 33.8 Å². The van der Waals surface area contributed by atoms with E-state index < -0.39 is 0 Å². The normalized spacial score (nSPS) is 13.5. The maximum absolute atomic E-state index is 6.08. The first kappa shape index (κ1) is 20.2. The van der Waals surface area contributed by atoms with Crippen LogP contribution < -0.4 is 10.2 Å². The molecule has 30 heavy (non-hydrogen) atoms. The van der Waals surface area contributed by atoms with Crippen molar-refractivity contribution in [2.45, 2.75) is 26.2 Å². The Morgan fingerprint density at radius 2 is 1.53 bits per heavy atom. The number of aliphatic imine (C=N–C) groups is 1. The first-order valence-electron chi connectivity index (χ1n) is 9.83. The van der Waals surface area contributed by atoms with E-state index in [1.807, 2.05) is 42.5 Å². The number of hydrazone groups is 1. The fraction of sp³-hybridized carbons (Fsp3) is 0.200. The summed E-state index contributed by atoms with van der Waals surface area (Å²) >= 11 is 6.08. The number of hydrogen-bond acceptors (Lipinski definition) is 4. The molecule has 1 aliphatic rings. The Morgan fingerprint density at radius 3 is 2.17 bits per heavy atom. The number of methoxy groups -OCH3 is 1. The average molecular weight is 418 g/mol. The average Bonchev–Trinajstić information content (AvgIpc) is 2.93. The zero-order valence-corrected chi connectivity index (χ0v) is 18.3. The number of hydrogen-bond donors (Lipinski definition) is 1. The van der Waals surface area contributed by atoms with Gasteiger partial charge in [-0.3, -0.25) is 5.43 Å². The van der Waals surface area contributed by atoms with Crippen molar-refractivity contribution in [1.29, 1.82) is 0 Å². The lowest BCUT2D eigenvalue weighted by Gasteiger charge is -2.19. The van der Waals surface area contributed by atoms with E-state index in [1.165, 1.54) is 5.56 Å². The topological polar surface area (TPSA) is 46.0 Å². The molecule has 0 aromatic heterocycles. The highest BCUT2D eigenvalue weighted by Crippen LogP contribution is 2.30. The van der Waals surface area contributed by atoms with Crippen molar-refractivity contribution >= 4 is 28.8 Å². The van der Waals surface area contributed by atoms with Crippen LogP contribution in [0.5, 0.6) is 5.75 Å². The summed E-state index contributed by atoms with van der Waals surface area (Å²) in [4.78, 5) is 4.88. The molecule has 0 fully saturated rings. The summed E-state index contributed by atoms with van der Waals surface area (Å²) in [5.74, 6) is 1.45. The van der Waals surface area contributed by atoms with Crippen LogP contribution in [0.15, 0.2) is 76.8 Å². The van der Waals surface area contributed by atoms with E-state index in [1.54, 1.807) is 7.11 Å². The molecule has 3 aromatic rings. The molecule has 0 aliphatic carbocycles. The number of rotatable bonds is 3. The molecule has 152 valence electrons. The molecule has 0 saturated carbocycles. The number of halogens is 1. The zero-order valence-electron chi connectivity index (χ0n) is 17.5. The summed E-state index contributed by atoms with van der Waals surface area (Å²) in [5, 5.41) is 5.39. The molecule has 0 amide bonds. The summed E-state index contributed by atoms with van der Waals surface area (Å²) in [5.41, 5.74) is 8.96. The standard InChI is InChI=1S/C25H24ClN3O/c1-25(2,3)18-9-5-17(6-10-18)24-27-22-14-13-20(30-4)15-21(22)23(28-29-24)16-7-11-19(26)12-8-16/h5-15H,1-4H3,(H,27,29). The number of fused-ring (bicyclic) bond motifs is 1. The van der Waals surface area contributed by atoms with E-state index >= 15 is 0 Å². The van der Waals surface area contributed by atoms with Crippen LogP contribution in [0.25, 0.3) is 0 Å². The molecule has 4 rings (SSSR count). The van der Waals surface area contributed by atoms with Gasteiger partial charge >= 0.3 is 0 Å². The minimum Gasteiger partial charge on any atom is -0.497 e. The number of benzene rings is 3. The van der Waals surface area contributed by atoms with Crippen molar-refractivity contribution < 1.29 is 4.74 Å². The molecule has 3 aromatic carbocycles. The summed E-state index contributed by atoms with van der Waals surface area (Å²) in [6.07, 6.45) is 0. The van der Waals surface area contributed by atoms with Crippen molar-refractivity contribution in [2.24, 2.45) is 10.1 Å². The summed E-state index contributed by atoms with van der Waals surface area (Å²) in [6, 6.07) is 21.9. The number of nitrogens with one attached hydrogen (secondary N) is 1. The Hall–Kier alpha value is -3.11. The maximum Gasteiger partial charge on any atom is 0.154 e. The largest absolute Gasteiger partial charge is 0.497 e. The maximum atomic E-state index is 6.08. The summed E-state index contributed by atoms with van der Waals surface area (Å²) in [6.45, 7) is 6.61. The molecular formula is C25H24ClN3O. The van der Waals surface area contributed by atoms with E-state index in [2.05, 4.69) is 50.5 Å². The van der Waals surface area contributed by atoms with Gasteiger partial charge in [-0.05, 0) is 41.3 Å². The second-order valence-corrected chi connectivity index (χ2v) is 8.69. The molecule has 0 bridgehead atoms. The van der Waals surface area contributed by atoms with Crippen LogP contribution in [-0.4, -0.2) is 18.7 Å². The Bertz CT molecular complexity index is 1120. The molecule has 5 heteroatoms. The monoisotopic (exact) mass is 417 g/mol. The van der Waals surface area contributed by atoms with Gasteiger partial charge in [0.15, 0.2) is 5.84 Å². The van der Waals surface area contributed by atoms with Gasteiger partial charge in [0, 0.05) is 21.7 Å². The van der Waals surface area contributed by atoms with Gasteiger partial charge in [0.1, 0.15) is 11.5 Å². The Morgan fingerprint density at radius 1 is 0.867 bits per heavy atom. The van der Waals surface area contributed by atoms with Crippen molar-refractivity contribution in [3.05, 3.63) is 94.0 Å². The molecule has 0 saturated heterocycles. The van der Waals surface area contributed by atoms with Crippen LogP contribution >= 0.6 is 11.6 Å². The molecule has 1 heterocycles. The lowest BCUT2D eigenvalue weighted by Crippen LogP contribution is -2.20. The lowest BCUT2D eigenvalue weighted by molar-refractivity contribution is 0.415. The van der Waals surface area contributed by atoms with Gasteiger partial charge in [-0.2, -0.15) is 5.10 Å². The lowest BCUT2D eigenvalue weighted by atomic mass is 9.86. The summed E-state index contributed by atoms with van der Waals surface area (Å²) < 4.78 is 5.44. The highest BCUT2D eigenvalue weighted by molar-refractivity contribution is 6.30. The highest BCUT2D eigenvalue weighted by Gasteiger charge is 2.19. The molecule has 4 nitrogen and oxygen atoms in total. The molecule has 1 aliphatic heterocycles. The minimum atomic E-state index is 0.0975. The molecular weight excluding hydrogens is 394 g/mol. The first-order chi connectivity index (χ1) is 14.3. The minimum absolute atomic E-state index is 0.0975. The molecule has 1 N–H and O–H groups in total. The van der Waals surface area contributed by atoms with Crippen LogP contribution in [0.3, 0.4) is 0 Å². The summed E-state index contributed by atoms with van der Waals surface area (Å²) in [7, 11) is 1.65. The zero-order chi connectivity index (χ0) is 21.3. The van der Waals surface area contributed by atoms with Crippen LogP contribution in [0.1, 0.15) is 43.0 Å². The third kappa shape index (κ3) is 4.10. The third-order valence-electron chi connectivity index (χ3n) is 5.11. The molecule has 0 radical (unpaired) electrons. The van der Waals surface area contributed by atoms with E-state index in [0.29, 0.717) is 10.9 Å². The van der Waals surface area contributed by atoms with Gasteiger partial charge < -0.3 is 4.74 Å². The van der Waals surface area contributed by atoms with Crippen molar-refractivity contribution in [3.8, 4) is 5.75 Å². The molecule has 0 spiro atoms. The van der Waals surface area contributed by atoms with Crippen LogP contribution in [-0.2, 0) is 5.41 Å². The number of amidine groups is 1. The fourth-order valence-corrected chi connectivity index (χ4v) is 3.45. The van der Waals surface area contributed by atoms with Crippen LogP contribution in [0.2, 0.25) is 5.02 Å². The number of ether oxygens (including phenoxy) is 1. The van der Waals surface area contributed by atoms with E-state index in [-0.39, 0.29) is 5.41 Å². The number of nitrogens with zero attached hydrogens (tertiary/aromatic N) is 2. The predicted octanol–water partition coefficient (Wildman–Crippen LogP) is 6.08. The van der Waals surface area contributed by atoms with Crippen molar-refractivity contribution in [1.82, 2.24) is 5.43 Å². The van der Waals surface area contributed by atoms with Crippen molar-refractivity contribution in [2.75, 3.05) is 7.11 Å². The molecule has 0 unspecified atom stereocenters. The third-order valence-corrected chi connectivity index (χ3v) is 5.36. The van der Waals surface area contributed by atoms with Gasteiger partial charge in [-0.15, -0.1) is 0 Å².